The van der Waals surface area contributed by atoms with Gasteiger partial charge in [-0.2, -0.15) is 0 Å². The number of halogens is 2. The summed E-state index contributed by atoms with van der Waals surface area (Å²) in [5, 5.41) is 10.1. The Hall–Kier alpha value is -1.04. The lowest BCUT2D eigenvalue weighted by atomic mass is 10.1. The van der Waals surface area contributed by atoms with Crippen LogP contribution in [0, 0.1) is 17.6 Å². The maximum Gasteiger partial charge on any atom is 0.131 e. The molecule has 0 amide bonds. The van der Waals surface area contributed by atoms with Gasteiger partial charge in [0.15, 0.2) is 0 Å². The molecule has 0 saturated carbocycles. The number of aliphatic hydroxyl groups is 1. The number of ether oxygens (including phenoxy) is 1. The highest BCUT2D eigenvalue weighted by Crippen LogP contribution is 2.23. The van der Waals surface area contributed by atoms with Crippen LogP contribution in [0.4, 0.5) is 8.78 Å². The van der Waals surface area contributed by atoms with Crippen molar-refractivity contribution in [3.63, 3.8) is 0 Å². The van der Waals surface area contributed by atoms with Gasteiger partial charge in [0.2, 0.25) is 0 Å². The van der Waals surface area contributed by atoms with E-state index in [0.717, 1.165) is 26.0 Å². The topological polar surface area (TPSA) is 32.7 Å². The van der Waals surface area contributed by atoms with E-state index in [4.69, 9.17) is 4.74 Å². The van der Waals surface area contributed by atoms with Crippen LogP contribution in [0.2, 0.25) is 0 Å². The van der Waals surface area contributed by atoms with Crippen LogP contribution in [-0.2, 0) is 4.74 Å². The fourth-order valence-corrected chi connectivity index (χ4v) is 2.73. The summed E-state index contributed by atoms with van der Waals surface area (Å²) in [5.41, 5.74) is -0.244. The van der Waals surface area contributed by atoms with Crippen LogP contribution in [0.1, 0.15) is 38.4 Å². The molecule has 0 radical (unpaired) electrons. The van der Waals surface area contributed by atoms with Crippen molar-refractivity contribution in [1.82, 2.24) is 4.90 Å². The largest absolute Gasteiger partial charge is 0.387 e. The summed E-state index contributed by atoms with van der Waals surface area (Å²) in [5.74, 6) is -0.781. The third kappa shape index (κ3) is 4.73. The highest BCUT2D eigenvalue weighted by Gasteiger charge is 2.27. The van der Waals surface area contributed by atoms with Gasteiger partial charge in [0.05, 0.1) is 17.8 Å². The molecule has 0 bridgehead atoms. The number of hydrogen-bond acceptors (Lipinski definition) is 3. The monoisotopic (exact) mass is 313 g/mol. The summed E-state index contributed by atoms with van der Waals surface area (Å²) >= 11 is 0. The number of β-amino-alcohol motifs (C(OH)–C–C–N with tert-alkyl or cyclic N) is 1. The summed E-state index contributed by atoms with van der Waals surface area (Å²) in [6.45, 7) is 6.75. The maximum absolute atomic E-state index is 13.7. The smallest absolute Gasteiger partial charge is 0.131 e. The van der Waals surface area contributed by atoms with Gasteiger partial charge in [-0.3, -0.25) is 4.90 Å². The second kappa shape index (κ2) is 7.99. The van der Waals surface area contributed by atoms with E-state index in [0.29, 0.717) is 12.5 Å². The van der Waals surface area contributed by atoms with Crippen molar-refractivity contribution in [1.29, 1.82) is 0 Å². The van der Waals surface area contributed by atoms with Crippen molar-refractivity contribution in [2.75, 3.05) is 26.2 Å². The number of rotatable bonds is 7. The first-order valence-electron chi connectivity index (χ1n) is 7.93. The molecule has 1 heterocycles. The third-order valence-corrected chi connectivity index (χ3v) is 4.04. The van der Waals surface area contributed by atoms with E-state index < -0.39 is 17.7 Å². The molecule has 2 rings (SSSR count). The predicted molar refractivity (Wildman–Crippen MR) is 81.6 cm³/mol. The highest BCUT2D eigenvalue weighted by atomic mass is 19.1. The lowest BCUT2D eigenvalue weighted by Crippen LogP contribution is -2.29. The second-order valence-electron chi connectivity index (χ2n) is 6.37. The SMILES string of the molecule is CC(C)CCOC1CCN(CC(O)c2c(F)cccc2F)C1. The standard InChI is InChI=1S/C17H25F2NO2/c1-12(2)7-9-22-13-6-8-20(10-13)11-16(21)17-14(18)4-3-5-15(17)19/h3-5,12-13,16,21H,6-11H2,1-2H3. The van der Waals surface area contributed by atoms with E-state index in [2.05, 4.69) is 13.8 Å². The Bertz CT molecular complexity index is 461. The van der Waals surface area contributed by atoms with Crippen LogP contribution in [0.3, 0.4) is 0 Å². The van der Waals surface area contributed by atoms with Gasteiger partial charge in [0.1, 0.15) is 11.6 Å². The number of likely N-dealkylation sites (tertiary alicyclic amines) is 1. The molecule has 1 aromatic carbocycles. The average Bonchev–Trinajstić information content (AvgIpc) is 2.85. The number of benzene rings is 1. The van der Waals surface area contributed by atoms with Gasteiger partial charge in [-0.15, -0.1) is 0 Å². The van der Waals surface area contributed by atoms with E-state index in [1.807, 2.05) is 4.90 Å². The molecule has 1 aliphatic heterocycles. The average molecular weight is 313 g/mol. The number of nitrogens with zero attached hydrogens (tertiary/aromatic N) is 1. The van der Waals surface area contributed by atoms with Gasteiger partial charge >= 0.3 is 0 Å². The molecule has 1 saturated heterocycles. The second-order valence-corrected chi connectivity index (χ2v) is 6.37. The van der Waals surface area contributed by atoms with Crippen molar-refractivity contribution in [3.8, 4) is 0 Å². The summed E-state index contributed by atoms with van der Waals surface area (Å²) < 4.78 is 33.1. The third-order valence-electron chi connectivity index (χ3n) is 4.04. The van der Waals surface area contributed by atoms with Crippen molar-refractivity contribution < 1.29 is 18.6 Å². The predicted octanol–water partition coefficient (Wildman–Crippen LogP) is 3.14. The van der Waals surface area contributed by atoms with Gasteiger partial charge in [-0.25, -0.2) is 8.78 Å². The zero-order chi connectivity index (χ0) is 16.1. The fourth-order valence-electron chi connectivity index (χ4n) is 2.73. The number of hydrogen-bond donors (Lipinski definition) is 1. The molecule has 124 valence electrons. The van der Waals surface area contributed by atoms with Crippen LogP contribution < -0.4 is 0 Å². The van der Waals surface area contributed by atoms with E-state index >= 15 is 0 Å². The van der Waals surface area contributed by atoms with Gasteiger partial charge in [-0.05, 0) is 30.9 Å². The number of aliphatic hydroxyl groups excluding tert-OH is 1. The summed E-state index contributed by atoms with van der Waals surface area (Å²) in [7, 11) is 0. The first kappa shape index (κ1) is 17.3. The first-order valence-corrected chi connectivity index (χ1v) is 7.93. The Kier molecular flexibility index (Phi) is 6.29. The summed E-state index contributed by atoms with van der Waals surface area (Å²) in [4.78, 5) is 2.00. The molecule has 0 aliphatic carbocycles. The Morgan fingerprint density at radius 1 is 1.32 bits per heavy atom. The normalized spacial score (nSPS) is 20.7. The molecule has 2 unspecified atom stereocenters. The Labute approximate surface area is 130 Å². The van der Waals surface area contributed by atoms with Gasteiger partial charge in [0.25, 0.3) is 0 Å². The lowest BCUT2D eigenvalue weighted by molar-refractivity contribution is 0.0465. The van der Waals surface area contributed by atoms with Crippen LogP contribution in [0.5, 0.6) is 0 Å². The van der Waals surface area contributed by atoms with Gasteiger partial charge in [-0.1, -0.05) is 19.9 Å². The molecule has 1 aliphatic rings. The van der Waals surface area contributed by atoms with E-state index in [9.17, 15) is 13.9 Å². The fraction of sp³-hybridized carbons (Fsp3) is 0.647. The van der Waals surface area contributed by atoms with Crippen LogP contribution in [0.15, 0.2) is 18.2 Å². The Balaban J connectivity index is 1.82. The maximum atomic E-state index is 13.7. The molecule has 2 atom stereocenters. The minimum Gasteiger partial charge on any atom is -0.387 e. The minimum atomic E-state index is -1.16. The molecular weight excluding hydrogens is 288 g/mol. The molecular formula is C17H25F2NO2. The van der Waals surface area contributed by atoms with Crippen molar-refractivity contribution in [2.24, 2.45) is 5.92 Å². The molecule has 5 heteroatoms. The minimum absolute atomic E-state index is 0.149. The molecule has 1 aromatic rings. The quantitative estimate of drug-likeness (QED) is 0.839. The molecule has 22 heavy (non-hydrogen) atoms. The zero-order valence-corrected chi connectivity index (χ0v) is 13.3. The summed E-state index contributed by atoms with van der Waals surface area (Å²) in [6, 6.07) is 3.64. The Morgan fingerprint density at radius 3 is 2.64 bits per heavy atom. The zero-order valence-electron chi connectivity index (χ0n) is 13.3. The van der Waals surface area contributed by atoms with Crippen molar-refractivity contribution >= 4 is 0 Å². The van der Waals surface area contributed by atoms with E-state index in [1.165, 1.54) is 18.2 Å². The van der Waals surface area contributed by atoms with E-state index in [1.54, 1.807) is 0 Å². The Morgan fingerprint density at radius 2 is 2.00 bits per heavy atom. The van der Waals surface area contributed by atoms with Gasteiger partial charge in [0, 0.05) is 26.2 Å². The molecule has 3 nitrogen and oxygen atoms in total. The lowest BCUT2D eigenvalue weighted by Gasteiger charge is -2.21. The van der Waals surface area contributed by atoms with Crippen LogP contribution in [0.25, 0.3) is 0 Å². The summed E-state index contributed by atoms with van der Waals surface area (Å²) in [6.07, 6.45) is 0.913. The first-order chi connectivity index (χ1) is 10.5. The van der Waals surface area contributed by atoms with Crippen LogP contribution >= 0.6 is 0 Å². The molecule has 0 spiro atoms. The van der Waals surface area contributed by atoms with Gasteiger partial charge < -0.3 is 9.84 Å². The molecule has 0 aromatic heterocycles. The molecule has 1 fully saturated rings. The highest BCUT2D eigenvalue weighted by molar-refractivity contribution is 5.22. The van der Waals surface area contributed by atoms with Crippen molar-refractivity contribution in [3.05, 3.63) is 35.4 Å². The van der Waals surface area contributed by atoms with Crippen molar-refractivity contribution in [2.45, 2.75) is 38.9 Å². The molecule has 1 N–H and O–H groups in total. The van der Waals surface area contributed by atoms with Crippen LogP contribution in [-0.4, -0.2) is 42.4 Å². The van der Waals surface area contributed by atoms with E-state index in [-0.39, 0.29) is 18.2 Å².